The lowest BCUT2D eigenvalue weighted by atomic mass is 10.0. The normalized spacial score (nSPS) is 28.7. The lowest BCUT2D eigenvalue weighted by molar-refractivity contribution is -0.143. The van der Waals surface area contributed by atoms with Crippen LogP contribution in [0.4, 0.5) is 4.39 Å². The molecule has 0 radical (unpaired) electrons. The number of nitrogens with one attached hydrogen (secondary N) is 1. The zero-order valence-corrected chi connectivity index (χ0v) is 22.0. The lowest BCUT2D eigenvalue weighted by Crippen LogP contribution is -2.38. The third-order valence-electron chi connectivity index (χ3n) is 7.79. The van der Waals surface area contributed by atoms with Crippen LogP contribution in [0.15, 0.2) is 24.5 Å². The molecule has 7 nitrogen and oxygen atoms in total. The standard InChI is InChI=1S/C26H26ClFN4O3S/c1-12-5-13(27)6-15(21(12)35-17-8-29-10-26(17,4)28)20-22-16(30-11-31-20)7-14(36-22)9-32-23(33)18-19(24(32)34)25(18,2)3/h5-7,11,17-19,29H,8-10H2,1-4H3. The van der Waals surface area contributed by atoms with Gasteiger partial charge >= 0.3 is 0 Å². The van der Waals surface area contributed by atoms with E-state index in [1.54, 1.807) is 12.1 Å². The molecule has 4 heterocycles. The van der Waals surface area contributed by atoms with Crippen molar-refractivity contribution in [3.63, 3.8) is 0 Å². The van der Waals surface area contributed by atoms with Gasteiger partial charge in [0.25, 0.3) is 0 Å². The summed E-state index contributed by atoms with van der Waals surface area (Å²) in [4.78, 5) is 36.8. The van der Waals surface area contributed by atoms with Crippen molar-refractivity contribution >= 4 is 45.0 Å². The first-order valence-electron chi connectivity index (χ1n) is 11.9. The first-order valence-corrected chi connectivity index (χ1v) is 13.1. The molecule has 1 saturated carbocycles. The van der Waals surface area contributed by atoms with Crippen LogP contribution in [0, 0.1) is 24.2 Å². The summed E-state index contributed by atoms with van der Waals surface area (Å²) in [5.41, 5.74) is 0.996. The minimum Gasteiger partial charge on any atom is -0.485 e. The highest BCUT2D eigenvalue weighted by molar-refractivity contribution is 7.19. The lowest BCUT2D eigenvalue weighted by Gasteiger charge is -2.25. The number of hydrogen-bond acceptors (Lipinski definition) is 7. The number of nitrogens with zero attached hydrogens (tertiary/aromatic N) is 3. The van der Waals surface area contributed by atoms with Gasteiger partial charge < -0.3 is 10.1 Å². The summed E-state index contributed by atoms with van der Waals surface area (Å²) >= 11 is 7.86. The zero-order chi connectivity index (χ0) is 25.6. The van der Waals surface area contributed by atoms with E-state index in [-0.39, 0.29) is 42.2 Å². The van der Waals surface area contributed by atoms with E-state index >= 15 is 4.39 Å². The highest BCUT2D eigenvalue weighted by Gasteiger charge is 2.72. The van der Waals surface area contributed by atoms with Crippen LogP contribution in [0.5, 0.6) is 5.75 Å². The predicted octanol–water partition coefficient (Wildman–Crippen LogP) is 4.54. The van der Waals surface area contributed by atoms with Crippen LogP contribution in [0.3, 0.4) is 0 Å². The molecule has 2 aromatic heterocycles. The third-order valence-corrected chi connectivity index (χ3v) is 9.13. The number of amides is 2. The molecule has 10 heteroatoms. The molecule has 188 valence electrons. The molecule has 3 fully saturated rings. The molecule has 3 aromatic rings. The Bertz CT molecular complexity index is 1410. The third kappa shape index (κ3) is 3.55. The summed E-state index contributed by atoms with van der Waals surface area (Å²) in [6.07, 6.45) is 0.810. The van der Waals surface area contributed by atoms with E-state index in [9.17, 15) is 9.59 Å². The number of alkyl halides is 1. The largest absolute Gasteiger partial charge is 0.485 e. The van der Waals surface area contributed by atoms with E-state index in [2.05, 4.69) is 15.3 Å². The topological polar surface area (TPSA) is 84.4 Å². The van der Waals surface area contributed by atoms with Gasteiger partial charge in [0.1, 0.15) is 18.2 Å². The molecule has 36 heavy (non-hydrogen) atoms. The van der Waals surface area contributed by atoms with Crippen molar-refractivity contribution in [2.45, 2.75) is 46.0 Å². The molecular weight excluding hydrogens is 503 g/mol. The molecule has 2 aliphatic heterocycles. The van der Waals surface area contributed by atoms with E-state index in [1.165, 1.54) is 29.5 Å². The Balaban J connectivity index is 1.37. The number of likely N-dealkylation sites (tertiary alicyclic amines) is 1. The Morgan fingerprint density at radius 3 is 2.58 bits per heavy atom. The maximum absolute atomic E-state index is 15.0. The quantitative estimate of drug-likeness (QED) is 0.489. The number of carbonyl (C=O) groups is 2. The van der Waals surface area contributed by atoms with Gasteiger partial charge in [-0.2, -0.15) is 0 Å². The molecule has 4 atom stereocenters. The van der Waals surface area contributed by atoms with Crippen molar-refractivity contribution in [2.24, 2.45) is 17.3 Å². The number of halogens is 2. The van der Waals surface area contributed by atoms with Crippen molar-refractivity contribution < 1.29 is 18.7 Å². The van der Waals surface area contributed by atoms with Gasteiger partial charge in [0.2, 0.25) is 11.8 Å². The Kier molecular flexibility index (Phi) is 5.24. The minimum atomic E-state index is -1.51. The Hall–Kier alpha value is -2.62. The number of piperidine rings is 1. The minimum absolute atomic E-state index is 0.0978. The second kappa shape index (κ2) is 7.94. The van der Waals surface area contributed by atoms with Crippen molar-refractivity contribution in [1.29, 1.82) is 0 Å². The van der Waals surface area contributed by atoms with Crippen LogP contribution in [0.1, 0.15) is 31.2 Å². The fourth-order valence-corrected chi connectivity index (χ4v) is 7.01. The van der Waals surface area contributed by atoms with Crippen LogP contribution in [-0.4, -0.2) is 51.5 Å². The average molecular weight is 529 g/mol. The van der Waals surface area contributed by atoms with Crippen LogP contribution >= 0.6 is 22.9 Å². The van der Waals surface area contributed by atoms with Gasteiger partial charge in [-0.15, -0.1) is 11.3 Å². The number of ether oxygens (including phenoxy) is 1. The van der Waals surface area contributed by atoms with Crippen molar-refractivity contribution in [3.8, 4) is 17.0 Å². The van der Waals surface area contributed by atoms with E-state index in [4.69, 9.17) is 16.3 Å². The van der Waals surface area contributed by atoms with Gasteiger partial charge in [-0.3, -0.25) is 14.5 Å². The summed E-state index contributed by atoms with van der Waals surface area (Å²) in [5, 5.41) is 3.56. The summed E-state index contributed by atoms with van der Waals surface area (Å²) in [6, 6.07) is 5.44. The number of imide groups is 1. The van der Waals surface area contributed by atoms with E-state index in [0.29, 0.717) is 34.1 Å². The molecule has 1 aliphatic carbocycles. The van der Waals surface area contributed by atoms with Gasteiger partial charge in [-0.05, 0) is 43.0 Å². The summed E-state index contributed by atoms with van der Waals surface area (Å²) in [6.45, 7) is 8.17. The van der Waals surface area contributed by atoms with Crippen LogP contribution in [0.2, 0.25) is 5.02 Å². The van der Waals surface area contributed by atoms with Crippen molar-refractivity contribution in [2.75, 3.05) is 13.1 Å². The fourth-order valence-electron chi connectivity index (χ4n) is 5.63. The average Bonchev–Trinajstić information content (AvgIpc) is 3.11. The Labute approximate surface area is 217 Å². The van der Waals surface area contributed by atoms with E-state index in [1.807, 2.05) is 26.8 Å². The molecule has 2 saturated heterocycles. The summed E-state index contributed by atoms with van der Waals surface area (Å²) < 4.78 is 22.0. The number of fused-ring (bicyclic) bond motifs is 2. The fraction of sp³-hybridized carbons (Fsp3) is 0.462. The maximum atomic E-state index is 15.0. The molecule has 2 amide bonds. The maximum Gasteiger partial charge on any atom is 0.234 e. The first kappa shape index (κ1) is 23.8. The number of hydrogen-bond donors (Lipinski definition) is 1. The number of carbonyl (C=O) groups excluding carboxylic acids is 2. The first-order chi connectivity index (χ1) is 17.0. The molecule has 1 N–H and O–H groups in total. The van der Waals surface area contributed by atoms with Gasteiger partial charge in [0, 0.05) is 28.6 Å². The second-order valence-electron chi connectivity index (χ2n) is 10.8. The van der Waals surface area contributed by atoms with Crippen LogP contribution in [-0.2, 0) is 16.1 Å². The number of thiophene rings is 1. The Morgan fingerprint density at radius 1 is 1.19 bits per heavy atom. The van der Waals surface area contributed by atoms with Gasteiger partial charge in [0.15, 0.2) is 5.67 Å². The van der Waals surface area contributed by atoms with E-state index in [0.717, 1.165) is 15.1 Å². The molecule has 3 aliphatic rings. The van der Waals surface area contributed by atoms with Gasteiger partial charge in [-0.25, -0.2) is 14.4 Å². The number of aryl methyl sites for hydroxylation is 1. The zero-order valence-electron chi connectivity index (χ0n) is 20.4. The van der Waals surface area contributed by atoms with Gasteiger partial charge in [0.05, 0.1) is 34.3 Å². The number of aromatic nitrogens is 2. The van der Waals surface area contributed by atoms with Gasteiger partial charge in [-0.1, -0.05) is 25.4 Å². The van der Waals surface area contributed by atoms with Crippen LogP contribution < -0.4 is 10.1 Å². The molecule has 4 unspecified atom stereocenters. The molecular formula is C26H26ClFN4O3S. The number of rotatable bonds is 5. The van der Waals surface area contributed by atoms with Crippen molar-refractivity contribution in [3.05, 3.63) is 40.0 Å². The molecule has 1 aromatic carbocycles. The highest BCUT2D eigenvalue weighted by Crippen LogP contribution is 2.63. The smallest absolute Gasteiger partial charge is 0.234 e. The predicted molar refractivity (Wildman–Crippen MR) is 136 cm³/mol. The Morgan fingerprint density at radius 2 is 1.92 bits per heavy atom. The monoisotopic (exact) mass is 528 g/mol. The SMILES string of the molecule is Cc1cc(Cl)cc(-c2ncnc3cc(CN4C(=O)C5C(C4=O)C5(C)C)sc23)c1OC1CNCC1(C)F. The summed E-state index contributed by atoms with van der Waals surface area (Å²) in [7, 11) is 0. The summed E-state index contributed by atoms with van der Waals surface area (Å²) in [5.74, 6) is -0.0943. The van der Waals surface area contributed by atoms with E-state index < -0.39 is 11.8 Å². The highest BCUT2D eigenvalue weighted by atomic mass is 35.5. The molecule has 0 bridgehead atoms. The van der Waals surface area contributed by atoms with Crippen molar-refractivity contribution in [1.82, 2.24) is 20.2 Å². The molecule has 0 spiro atoms. The second-order valence-corrected chi connectivity index (χ2v) is 12.4. The number of benzene rings is 1. The van der Waals surface area contributed by atoms with Crippen LogP contribution in [0.25, 0.3) is 21.5 Å². The molecule has 6 rings (SSSR count).